The highest BCUT2D eigenvalue weighted by Crippen LogP contribution is 2.48. The quantitative estimate of drug-likeness (QED) is 0.155. The molecular formula is C49H70O13. The van der Waals surface area contributed by atoms with Crippen molar-refractivity contribution < 1.29 is 62.1 Å². The maximum atomic E-state index is 12.3. The van der Waals surface area contributed by atoms with Crippen molar-refractivity contribution in [2.45, 2.75) is 245 Å². The average molecular weight is 867 g/mol. The zero-order valence-electron chi connectivity index (χ0n) is 37.1. The zero-order valence-corrected chi connectivity index (χ0v) is 37.1. The first-order valence-electron chi connectivity index (χ1n) is 24.1. The third-order valence-electron chi connectivity index (χ3n) is 16.2. The summed E-state index contributed by atoms with van der Waals surface area (Å²) in [5.41, 5.74) is -0.638. The van der Waals surface area contributed by atoms with Crippen LogP contribution in [0.25, 0.3) is 0 Å². The maximum Gasteiger partial charge on any atom is 0.308 e. The first-order valence-corrected chi connectivity index (χ1v) is 24.1. The molecule has 0 aromatic rings. The number of aldehydes is 1. The number of rotatable bonds is 3. The Balaban J connectivity index is 0.817. The van der Waals surface area contributed by atoms with Crippen LogP contribution >= 0.6 is 0 Å². The Kier molecular flexibility index (Phi) is 12.5. The molecule has 13 heteroatoms. The molecule has 0 amide bonds. The van der Waals surface area contributed by atoms with Gasteiger partial charge in [0, 0.05) is 32.1 Å². The molecule has 62 heavy (non-hydrogen) atoms. The van der Waals surface area contributed by atoms with E-state index in [4.69, 9.17) is 47.4 Å². The molecule has 10 rings (SSSR count). The first-order chi connectivity index (χ1) is 29.8. The van der Waals surface area contributed by atoms with Crippen LogP contribution in [0.15, 0.2) is 36.5 Å². The fraction of sp³-hybridized carbons (Fsp3) is 0.837. The Hall–Kier alpha value is -2.04. The fourth-order valence-electron chi connectivity index (χ4n) is 13.2. The zero-order chi connectivity index (χ0) is 42.9. The van der Waals surface area contributed by atoms with Crippen molar-refractivity contribution in [1.82, 2.24) is 0 Å². The Morgan fingerprint density at radius 1 is 0.694 bits per heavy atom. The van der Waals surface area contributed by atoms with E-state index in [2.05, 4.69) is 58.6 Å². The number of aliphatic hydroxyl groups is 1. The number of hydrogen-bond donors (Lipinski definition) is 1. The smallest absolute Gasteiger partial charge is 0.308 e. The number of esters is 1. The normalized spacial score (nSPS) is 53.8. The summed E-state index contributed by atoms with van der Waals surface area (Å²) in [7, 11) is 0. The molecule has 7 unspecified atom stereocenters. The molecule has 0 saturated carbocycles. The molecule has 0 aromatic heterocycles. The molecule has 0 spiro atoms. The first kappa shape index (κ1) is 43.8. The SMILES string of the molecule is C=C(C=O)C[C@@H]1C[C@H](O)C2OC3C[C@]4(C)OC5/C=C\CC6OC7[C@H](C/C=C\C[C@H]6O[C@H]5CCC[C@H]4O[C@H]3C[C@H]2O1)O[C@@H]1C[C@@H]2O[C@@H]3CC(=O)OC3C[C@@H](C)C[C@@]2(C)OC1C[C@@H]7C. The molecular weight excluding hydrogens is 797 g/mol. The van der Waals surface area contributed by atoms with Crippen LogP contribution in [0.3, 0.4) is 0 Å². The molecule has 8 fully saturated rings. The summed E-state index contributed by atoms with van der Waals surface area (Å²) in [4.78, 5) is 23.6. The molecule has 0 bridgehead atoms. The highest BCUT2D eigenvalue weighted by Gasteiger charge is 2.57. The van der Waals surface area contributed by atoms with Crippen LogP contribution in [0, 0.1) is 11.8 Å². The molecule has 10 aliphatic rings. The van der Waals surface area contributed by atoms with E-state index >= 15 is 0 Å². The van der Waals surface area contributed by atoms with E-state index in [0.29, 0.717) is 56.4 Å². The summed E-state index contributed by atoms with van der Waals surface area (Å²) in [6.07, 6.45) is 15.7. The third kappa shape index (κ3) is 8.71. The van der Waals surface area contributed by atoms with Gasteiger partial charge < -0.3 is 52.5 Å². The van der Waals surface area contributed by atoms with E-state index in [9.17, 15) is 14.7 Å². The highest BCUT2D eigenvalue weighted by atomic mass is 16.6. The van der Waals surface area contributed by atoms with Gasteiger partial charge >= 0.3 is 5.97 Å². The fourth-order valence-corrected chi connectivity index (χ4v) is 13.2. The van der Waals surface area contributed by atoms with Gasteiger partial charge in [-0.15, -0.1) is 0 Å². The minimum atomic E-state index is -0.697. The molecule has 0 radical (unpaired) electrons. The Labute approximate surface area is 366 Å². The second-order valence-corrected chi connectivity index (χ2v) is 21.2. The summed E-state index contributed by atoms with van der Waals surface area (Å²) in [5.74, 6) is 0.336. The molecule has 10 aliphatic heterocycles. The van der Waals surface area contributed by atoms with Crippen molar-refractivity contribution in [2.75, 3.05) is 0 Å². The molecule has 0 aliphatic carbocycles. The minimum Gasteiger partial charge on any atom is -0.459 e. The van der Waals surface area contributed by atoms with E-state index in [-0.39, 0.29) is 110 Å². The lowest BCUT2D eigenvalue weighted by Gasteiger charge is -2.55. The van der Waals surface area contributed by atoms with Crippen molar-refractivity contribution >= 4 is 12.3 Å². The molecule has 344 valence electrons. The van der Waals surface area contributed by atoms with Gasteiger partial charge in [-0.3, -0.25) is 9.59 Å². The Morgan fingerprint density at radius 2 is 1.42 bits per heavy atom. The number of aliphatic hydroxyl groups excluding tert-OH is 1. The summed E-state index contributed by atoms with van der Waals surface area (Å²) in [5, 5.41) is 11.2. The van der Waals surface area contributed by atoms with Crippen molar-refractivity contribution in [2.24, 2.45) is 11.8 Å². The largest absolute Gasteiger partial charge is 0.459 e. The molecule has 8 saturated heterocycles. The van der Waals surface area contributed by atoms with Crippen molar-refractivity contribution in [3.63, 3.8) is 0 Å². The highest BCUT2D eigenvalue weighted by molar-refractivity contribution is 5.72. The number of ether oxygens (including phenoxy) is 10. The van der Waals surface area contributed by atoms with Gasteiger partial charge in [-0.05, 0) is 89.0 Å². The number of carbonyl (C=O) groups is 2. The Morgan fingerprint density at radius 3 is 2.26 bits per heavy atom. The third-order valence-corrected chi connectivity index (χ3v) is 16.2. The maximum absolute atomic E-state index is 12.3. The predicted molar refractivity (Wildman–Crippen MR) is 224 cm³/mol. The lowest BCUT2D eigenvalue weighted by molar-refractivity contribution is -0.316. The predicted octanol–water partition coefficient (Wildman–Crippen LogP) is 5.95. The van der Waals surface area contributed by atoms with Crippen molar-refractivity contribution in [3.8, 4) is 0 Å². The standard InChI is InChI=1S/C49H70O13/c1-26-17-36-39(22-45(52)58-36)57-44-21-38-40(62-48(44,4)23-26)18-28(3)46-35(55-38)11-7-6-10-31-32(59-46)12-8-14-34-33(54-31)13-9-15-43-49(5,61-34)24-42-37(56-43)20-41-47(60-42)30(51)19-29(53-41)16-27(2)25-50/h6-8,14,25-26,28-44,46-47,51H,2,9-13,15-24H2,1,3-5H3/b7-6-,14-8-/t26-,28+,29-,30+,31-,32?,33+,34?,35+,36?,37+,38-,39-,40?,41-,42?,43-,44+,46?,47?,48-,49+/m1/s1. The molecule has 13 nitrogen and oxygen atoms in total. The van der Waals surface area contributed by atoms with Gasteiger partial charge in [0.15, 0.2) is 0 Å². The molecule has 0 aromatic carbocycles. The van der Waals surface area contributed by atoms with Gasteiger partial charge in [-0.2, -0.15) is 0 Å². The van der Waals surface area contributed by atoms with Crippen LogP contribution in [0.2, 0.25) is 0 Å². The van der Waals surface area contributed by atoms with Gasteiger partial charge in [-0.25, -0.2) is 0 Å². The molecule has 1 N–H and O–H groups in total. The van der Waals surface area contributed by atoms with Crippen LogP contribution in [0.1, 0.15) is 124 Å². The second-order valence-electron chi connectivity index (χ2n) is 21.2. The van der Waals surface area contributed by atoms with Gasteiger partial charge in [0.25, 0.3) is 0 Å². The summed E-state index contributed by atoms with van der Waals surface area (Å²) >= 11 is 0. The molecule has 22 atom stereocenters. The lowest BCUT2D eigenvalue weighted by Crippen LogP contribution is -2.65. The van der Waals surface area contributed by atoms with E-state index in [1.807, 2.05) is 0 Å². The van der Waals surface area contributed by atoms with Crippen LogP contribution in [0.4, 0.5) is 0 Å². The summed E-state index contributed by atoms with van der Waals surface area (Å²) in [6.45, 7) is 12.7. The van der Waals surface area contributed by atoms with Crippen molar-refractivity contribution in [3.05, 3.63) is 36.5 Å². The van der Waals surface area contributed by atoms with Crippen LogP contribution < -0.4 is 0 Å². The second kappa shape index (κ2) is 17.6. The van der Waals surface area contributed by atoms with Gasteiger partial charge in [-0.1, -0.05) is 44.7 Å². The Bertz CT molecular complexity index is 1720. The van der Waals surface area contributed by atoms with Crippen LogP contribution in [-0.2, 0) is 57.0 Å². The van der Waals surface area contributed by atoms with E-state index < -0.39 is 23.4 Å². The van der Waals surface area contributed by atoms with E-state index in [1.54, 1.807) is 0 Å². The van der Waals surface area contributed by atoms with Crippen LogP contribution in [-0.4, -0.2) is 138 Å². The van der Waals surface area contributed by atoms with E-state index in [0.717, 1.165) is 57.7 Å². The van der Waals surface area contributed by atoms with Gasteiger partial charge in [0.2, 0.25) is 0 Å². The summed E-state index contributed by atoms with van der Waals surface area (Å²) < 4.78 is 68.1. The number of fused-ring (bicyclic) bond motifs is 9. The lowest BCUT2D eigenvalue weighted by atomic mass is 9.78. The topological polar surface area (TPSA) is 147 Å². The monoisotopic (exact) mass is 866 g/mol. The number of carbonyl (C=O) groups excluding carboxylic acids is 2. The average Bonchev–Trinajstić information content (AvgIpc) is 3.52. The van der Waals surface area contributed by atoms with Crippen molar-refractivity contribution in [1.29, 1.82) is 0 Å². The van der Waals surface area contributed by atoms with Crippen LogP contribution in [0.5, 0.6) is 0 Å². The van der Waals surface area contributed by atoms with E-state index in [1.165, 1.54) is 0 Å². The van der Waals surface area contributed by atoms with Gasteiger partial charge in [0.1, 0.15) is 30.7 Å². The number of hydrogen-bond acceptors (Lipinski definition) is 13. The van der Waals surface area contributed by atoms with Gasteiger partial charge in [0.05, 0.1) is 103 Å². The minimum absolute atomic E-state index is 0.0861. The summed E-state index contributed by atoms with van der Waals surface area (Å²) in [6, 6.07) is 0. The molecule has 10 heterocycles.